The van der Waals surface area contributed by atoms with Gasteiger partial charge in [0.25, 0.3) is 0 Å². The molecular formula is C35H35Cl2F3N6O6. The van der Waals surface area contributed by atoms with Crippen molar-refractivity contribution in [3.05, 3.63) is 106 Å². The summed E-state index contributed by atoms with van der Waals surface area (Å²) in [6.07, 6.45) is -2.99. The van der Waals surface area contributed by atoms with Crippen LogP contribution < -0.4 is 27.0 Å². The molecule has 0 spiro atoms. The monoisotopic (exact) mass is 762 g/mol. The fourth-order valence-corrected chi connectivity index (χ4v) is 5.71. The summed E-state index contributed by atoms with van der Waals surface area (Å²) < 4.78 is 31.7. The number of benzene rings is 3. The highest BCUT2D eigenvalue weighted by atomic mass is 35.5. The number of carbonyl (C=O) groups excluding carboxylic acids is 4. The van der Waals surface area contributed by atoms with E-state index in [1.165, 1.54) is 0 Å². The van der Waals surface area contributed by atoms with Crippen molar-refractivity contribution in [3.8, 4) is 0 Å². The Balaban J connectivity index is 0.000000785. The number of aromatic amines is 1. The number of aliphatic carboxylic acids is 1. The minimum Gasteiger partial charge on any atom is -0.475 e. The van der Waals surface area contributed by atoms with Gasteiger partial charge in [0.15, 0.2) is 0 Å². The molecular weight excluding hydrogens is 728 g/mol. The average molecular weight is 764 g/mol. The van der Waals surface area contributed by atoms with Crippen molar-refractivity contribution in [2.45, 2.75) is 56.0 Å². The first-order chi connectivity index (χ1) is 24.6. The van der Waals surface area contributed by atoms with E-state index < -0.39 is 59.9 Å². The molecule has 1 aliphatic rings. The van der Waals surface area contributed by atoms with Gasteiger partial charge in [-0.25, -0.2) is 4.79 Å². The van der Waals surface area contributed by atoms with Crippen molar-refractivity contribution < 1.29 is 42.3 Å². The SMILES string of the molecule is N[C@@H]1CC(=O)N[C@@H](Cc2c[nH]c3ccccc23)C(=O)N[C@@H](Cc2ccccc2)C(=O)N[C@H](Cc2ccc(Cl)c(Cl)c2)CNC1=O.O=C(O)C(F)(F)F. The molecule has 0 radical (unpaired) electrons. The molecule has 17 heteroatoms. The number of fused-ring (bicyclic) bond motifs is 1. The Morgan fingerprint density at radius 1 is 0.788 bits per heavy atom. The Labute approximate surface area is 305 Å². The smallest absolute Gasteiger partial charge is 0.475 e. The Kier molecular flexibility index (Phi) is 13.6. The van der Waals surface area contributed by atoms with Gasteiger partial charge >= 0.3 is 12.1 Å². The summed E-state index contributed by atoms with van der Waals surface area (Å²) in [5, 5.41) is 20.2. The highest BCUT2D eigenvalue weighted by Crippen LogP contribution is 2.23. The second-order valence-electron chi connectivity index (χ2n) is 12.0. The van der Waals surface area contributed by atoms with Crippen LogP contribution in [0.4, 0.5) is 13.2 Å². The van der Waals surface area contributed by atoms with Crippen molar-refractivity contribution in [2.75, 3.05) is 6.54 Å². The van der Waals surface area contributed by atoms with Gasteiger partial charge in [-0.1, -0.05) is 77.8 Å². The second kappa shape index (κ2) is 17.9. The number of hydrogen-bond donors (Lipinski definition) is 7. The van der Waals surface area contributed by atoms with Crippen LogP contribution >= 0.6 is 23.2 Å². The van der Waals surface area contributed by atoms with Crippen molar-refractivity contribution in [2.24, 2.45) is 5.73 Å². The lowest BCUT2D eigenvalue weighted by molar-refractivity contribution is -0.192. The zero-order valence-corrected chi connectivity index (χ0v) is 28.8. The maximum atomic E-state index is 13.9. The number of carboxylic acid groups (broad SMARTS) is 1. The summed E-state index contributed by atoms with van der Waals surface area (Å²) in [4.78, 5) is 65.8. The van der Waals surface area contributed by atoms with Gasteiger partial charge < -0.3 is 37.1 Å². The molecule has 4 aromatic rings. The zero-order chi connectivity index (χ0) is 38.0. The van der Waals surface area contributed by atoms with Gasteiger partial charge in [0.1, 0.15) is 12.1 Å². The van der Waals surface area contributed by atoms with Gasteiger partial charge in [-0.2, -0.15) is 13.2 Å². The summed E-state index contributed by atoms with van der Waals surface area (Å²) in [6.45, 7) is 0.0231. The van der Waals surface area contributed by atoms with E-state index in [0.717, 1.165) is 27.6 Å². The van der Waals surface area contributed by atoms with Crippen LogP contribution in [-0.2, 0) is 43.2 Å². The first-order valence-electron chi connectivity index (χ1n) is 15.9. The van der Waals surface area contributed by atoms with Crippen LogP contribution in [0.5, 0.6) is 0 Å². The predicted octanol–water partition coefficient (Wildman–Crippen LogP) is 3.44. The molecule has 0 aliphatic carbocycles. The van der Waals surface area contributed by atoms with E-state index in [1.54, 1.807) is 24.4 Å². The van der Waals surface area contributed by atoms with Gasteiger partial charge in [0, 0.05) is 36.5 Å². The molecule has 276 valence electrons. The first-order valence-corrected chi connectivity index (χ1v) is 16.6. The Bertz CT molecular complexity index is 1910. The number of H-pyrrole nitrogens is 1. The molecule has 12 nitrogen and oxygen atoms in total. The van der Waals surface area contributed by atoms with Gasteiger partial charge in [-0.15, -0.1) is 0 Å². The minimum atomic E-state index is -5.08. The van der Waals surface area contributed by atoms with E-state index in [9.17, 15) is 32.3 Å². The molecule has 1 fully saturated rings. The van der Waals surface area contributed by atoms with E-state index in [2.05, 4.69) is 26.3 Å². The van der Waals surface area contributed by atoms with Gasteiger partial charge in [-0.05, 0) is 41.3 Å². The van der Waals surface area contributed by atoms with Crippen LogP contribution in [0.3, 0.4) is 0 Å². The van der Waals surface area contributed by atoms with Gasteiger partial charge in [0.2, 0.25) is 23.6 Å². The number of nitrogens with two attached hydrogens (primary N) is 1. The molecule has 5 rings (SSSR count). The third kappa shape index (κ3) is 11.4. The number of rotatable bonds is 6. The molecule has 1 aliphatic heterocycles. The fourth-order valence-electron chi connectivity index (χ4n) is 5.39. The Morgan fingerprint density at radius 2 is 1.42 bits per heavy atom. The van der Waals surface area contributed by atoms with E-state index in [4.69, 9.17) is 38.8 Å². The molecule has 1 aromatic heterocycles. The number of para-hydroxylation sites is 1. The van der Waals surface area contributed by atoms with Crippen molar-refractivity contribution >= 4 is 63.7 Å². The van der Waals surface area contributed by atoms with Crippen LogP contribution in [0.25, 0.3) is 10.9 Å². The Hall–Kier alpha value is -5.12. The highest BCUT2D eigenvalue weighted by molar-refractivity contribution is 6.42. The molecule has 0 unspecified atom stereocenters. The number of nitrogens with one attached hydrogen (secondary N) is 5. The maximum Gasteiger partial charge on any atom is 0.490 e. The minimum absolute atomic E-state index is 0.0231. The molecule has 1 saturated heterocycles. The molecule has 4 atom stereocenters. The molecule has 0 saturated carbocycles. The molecule has 8 N–H and O–H groups in total. The normalized spacial score (nSPS) is 20.3. The largest absolute Gasteiger partial charge is 0.490 e. The average Bonchev–Trinajstić information content (AvgIpc) is 3.50. The second-order valence-corrected chi connectivity index (χ2v) is 12.8. The third-order valence-corrected chi connectivity index (χ3v) is 8.73. The molecule has 4 amide bonds. The van der Waals surface area contributed by atoms with Crippen LogP contribution in [0, 0.1) is 0 Å². The number of amides is 4. The summed E-state index contributed by atoms with van der Waals surface area (Å²) in [5.74, 6) is -4.88. The molecule has 52 heavy (non-hydrogen) atoms. The standard InChI is InChI=1S/C33H34Cl2N6O4.C2HF3O2/c34-24-11-10-20(13-25(24)35)12-22-18-38-31(43)26(36)16-30(42)40-29(15-21-17-37-27-9-5-4-8-23(21)27)33(45)41-28(32(44)39-22)14-19-6-2-1-3-7-19;3-2(4,5)1(6)7/h1-11,13,17,22,26,28-29,37H,12,14-16,18,36H2,(H,38,43)(H,39,44)(H,40,42)(H,41,45);(H,6,7)/t22-,26-,28+,29+;/m1./s1. The van der Waals surface area contributed by atoms with Crippen molar-refractivity contribution in [3.63, 3.8) is 0 Å². The summed E-state index contributed by atoms with van der Waals surface area (Å²) in [5.41, 5.74) is 9.37. The Morgan fingerprint density at radius 3 is 2.10 bits per heavy atom. The number of hydrogen-bond acceptors (Lipinski definition) is 6. The number of halogens is 5. The van der Waals surface area contributed by atoms with E-state index in [-0.39, 0.29) is 25.8 Å². The molecule has 0 bridgehead atoms. The van der Waals surface area contributed by atoms with E-state index in [0.29, 0.717) is 16.5 Å². The van der Waals surface area contributed by atoms with Gasteiger partial charge in [-0.3, -0.25) is 19.2 Å². The zero-order valence-electron chi connectivity index (χ0n) is 27.3. The van der Waals surface area contributed by atoms with E-state index in [1.807, 2.05) is 54.6 Å². The summed E-state index contributed by atoms with van der Waals surface area (Å²) >= 11 is 12.3. The molecule has 3 aromatic carbocycles. The van der Waals surface area contributed by atoms with Gasteiger partial charge in [0.05, 0.1) is 28.5 Å². The van der Waals surface area contributed by atoms with E-state index >= 15 is 0 Å². The number of carboxylic acids is 1. The van der Waals surface area contributed by atoms with Crippen LogP contribution in [0.1, 0.15) is 23.1 Å². The predicted molar refractivity (Wildman–Crippen MR) is 187 cm³/mol. The van der Waals surface area contributed by atoms with Crippen LogP contribution in [0.2, 0.25) is 10.0 Å². The first kappa shape index (κ1) is 39.7. The topological polar surface area (TPSA) is 196 Å². The summed E-state index contributed by atoms with van der Waals surface area (Å²) in [6, 6.07) is 18.2. The fraction of sp³-hybridized carbons (Fsp3) is 0.286. The lowest BCUT2D eigenvalue weighted by atomic mass is 10.0. The maximum absolute atomic E-state index is 13.9. The third-order valence-electron chi connectivity index (χ3n) is 7.99. The highest BCUT2D eigenvalue weighted by Gasteiger charge is 2.38. The van der Waals surface area contributed by atoms with Crippen LogP contribution in [0.15, 0.2) is 79.0 Å². The lowest BCUT2D eigenvalue weighted by Crippen LogP contribution is -2.59. The quantitative estimate of drug-likeness (QED) is 0.156. The number of alkyl halides is 3. The number of carbonyl (C=O) groups is 5. The number of aromatic nitrogens is 1. The molecule has 2 heterocycles. The van der Waals surface area contributed by atoms with Crippen molar-refractivity contribution in [1.82, 2.24) is 26.3 Å². The summed E-state index contributed by atoms with van der Waals surface area (Å²) in [7, 11) is 0. The lowest BCUT2D eigenvalue weighted by Gasteiger charge is -2.27. The van der Waals surface area contributed by atoms with Crippen molar-refractivity contribution in [1.29, 1.82) is 0 Å². The van der Waals surface area contributed by atoms with Crippen LogP contribution in [-0.4, -0.2) is 76.6 Å².